The first-order chi connectivity index (χ1) is 9.43. The van der Waals surface area contributed by atoms with E-state index < -0.39 is 0 Å². The molecule has 112 valence electrons. The SMILES string of the molecule is CC/C=C\C(=C/CCO)n1nc(C(C)(C)C)cc1NC. The second-order valence-corrected chi connectivity index (χ2v) is 5.78. The molecule has 0 amide bonds. The Morgan fingerprint density at radius 1 is 1.45 bits per heavy atom. The van der Waals surface area contributed by atoms with Crippen LogP contribution < -0.4 is 5.32 Å². The van der Waals surface area contributed by atoms with E-state index >= 15 is 0 Å². The quantitative estimate of drug-likeness (QED) is 0.783. The zero-order valence-corrected chi connectivity index (χ0v) is 13.3. The average Bonchev–Trinajstić information content (AvgIpc) is 2.83. The molecular formula is C16H27N3O. The second kappa shape index (κ2) is 7.29. The number of aromatic nitrogens is 2. The van der Waals surface area contributed by atoms with Gasteiger partial charge in [-0.3, -0.25) is 0 Å². The van der Waals surface area contributed by atoms with E-state index in [1.165, 1.54) is 0 Å². The third kappa shape index (κ3) is 4.23. The molecule has 2 N–H and O–H groups in total. The lowest BCUT2D eigenvalue weighted by Gasteiger charge is -2.14. The van der Waals surface area contributed by atoms with Gasteiger partial charge in [0.2, 0.25) is 0 Å². The van der Waals surface area contributed by atoms with E-state index in [-0.39, 0.29) is 12.0 Å². The summed E-state index contributed by atoms with van der Waals surface area (Å²) in [4.78, 5) is 0. The summed E-state index contributed by atoms with van der Waals surface area (Å²) in [6.07, 6.45) is 7.75. The van der Waals surface area contributed by atoms with Gasteiger partial charge < -0.3 is 10.4 Å². The first-order valence-corrected chi connectivity index (χ1v) is 7.20. The molecule has 0 spiro atoms. The maximum atomic E-state index is 9.03. The number of anilines is 1. The van der Waals surface area contributed by atoms with E-state index in [2.05, 4.69) is 51.2 Å². The van der Waals surface area contributed by atoms with Crippen molar-refractivity contribution >= 4 is 11.5 Å². The summed E-state index contributed by atoms with van der Waals surface area (Å²) in [7, 11) is 1.90. The lowest BCUT2D eigenvalue weighted by atomic mass is 9.92. The highest BCUT2D eigenvalue weighted by Gasteiger charge is 2.20. The van der Waals surface area contributed by atoms with Crippen molar-refractivity contribution in [2.75, 3.05) is 19.0 Å². The summed E-state index contributed by atoms with van der Waals surface area (Å²) in [5.74, 6) is 0.958. The van der Waals surface area contributed by atoms with Crippen LogP contribution in [0.5, 0.6) is 0 Å². The van der Waals surface area contributed by atoms with E-state index in [4.69, 9.17) is 10.2 Å². The maximum absolute atomic E-state index is 9.03. The van der Waals surface area contributed by atoms with Crippen molar-refractivity contribution in [3.8, 4) is 0 Å². The molecule has 0 aliphatic carbocycles. The summed E-state index contributed by atoms with van der Waals surface area (Å²) in [6, 6.07) is 2.08. The van der Waals surface area contributed by atoms with Crippen LogP contribution in [0.2, 0.25) is 0 Å². The fraction of sp³-hybridized carbons (Fsp3) is 0.562. The Kier molecular flexibility index (Phi) is 6.02. The van der Waals surface area contributed by atoms with Gasteiger partial charge in [0.15, 0.2) is 0 Å². The van der Waals surface area contributed by atoms with Crippen molar-refractivity contribution in [3.63, 3.8) is 0 Å². The topological polar surface area (TPSA) is 50.1 Å². The number of aliphatic hydroxyl groups excluding tert-OH is 1. The zero-order valence-electron chi connectivity index (χ0n) is 13.3. The van der Waals surface area contributed by atoms with Gasteiger partial charge in [0, 0.05) is 25.1 Å². The van der Waals surface area contributed by atoms with E-state index in [1.54, 1.807) is 0 Å². The van der Waals surface area contributed by atoms with E-state index in [0.29, 0.717) is 6.42 Å². The van der Waals surface area contributed by atoms with Crippen molar-refractivity contribution < 1.29 is 5.11 Å². The van der Waals surface area contributed by atoms with Crippen LogP contribution in [0.3, 0.4) is 0 Å². The molecule has 0 atom stereocenters. The summed E-state index contributed by atoms with van der Waals surface area (Å²) < 4.78 is 1.91. The lowest BCUT2D eigenvalue weighted by Crippen LogP contribution is -2.12. The fourth-order valence-corrected chi connectivity index (χ4v) is 1.80. The van der Waals surface area contributed by atoms with Gasteiger partial charge in [0.25, 0.3) is 0 Å². The molecule has 1 rings (SSSR count). The monoisotopic (exact) mass is 277 g/mol. The Bertz CT molecular complexity index is 478. The molecular weight excluding hydrogens is 250 g/mol. The zero-order chi connectivity index (χ0) is 15.2. The molecule has 0 aliphatic heterocycles. The van der Waals surface area contributed by atoms with E-state index in [1.807, 2.05) is 17.8 Å². The van der Waals surface area contributed by atoms with E-state index in [9.17, 15) is 0 Å². The predicted molar refractivity (Wildman–Crippen MR) is 85.9 cm³/mol. The minimum atomic E-state index is 0.00735. The summed E-state index contributed by atoms with van der Waals surface area (Å²) in [5.41, 5.74) is 2.04. The summed E-state index contributed by atoms with van der Waals surface area (Å²) >= 11 is 0. The van der Waals surface area contributed by atoms with Gasteiger partial charge in [-0.2, -0.15) is 5.10 Å². The largest absolute Gasteiger partial charge is 0.396 e. The van der Waals surface area contributed by atoms with Gasteiger partial charge in [0.05, 0.1) is 11.4 Å². The highest BCUT2D eigenvalue weighted by atomic mass is 16.2. The average molecular weight is 277 g/mol. The number of hydrogen-bond acceptors (Lipinski definition) is 3. The molecule has 4 nitrogen and oxygen atoms in total. The van der Waals surface area contributed by atoms with Crippen LogP contribution >= 0.6 is 0 Å². The Morgan fingerprint density at radius 2 is 2.15 bits per heavy atom. The first kappa shape index (κ1) is 16.5. The molecule has 0 aromatic carbocycles. The number of hydrogen-bond donors (Lipinski definition) is 2. The highest BCUT2D eigenvalue weighted by Crippen LogP contribution is 2.26. The lowest BCUT2D eigenvalue weighted by molar-refractivity contribution is 0.302. The van der Waals surface area contributed by atoms with Crippen LogP contribution in [0.15, 0.2) is 24.3 Å². The summed E-state index contributed by atoms with van der Waals surface area (Å²) in [5, 5.41) is 16.9. The van der Waals surface area contributed by atoms with Crippen LogP contribution in [0.4, 0.5) is 5.82 Å². The third-order valence-corrected chi connectivity index (χ3v) is 2.99. The highest BCUT2D eigenvalue weighted by molar-refractivity contribution is 5.62. The van der Waals surface area contributed by atoms with Gasteiger partial charge in [-0.1, -0.05) is 39.8 Å². The smallest absolute Gasteiger partial charge is 0.129 e. The van der Waals surface area contributed by atoms with Gasteiger partial charge in [-0.15, -0.1) is 0 Å². The number of aliphatic hydroxyl groups is 1. The minimum Gasteiger partial charge on any atom is -0.396 e. The van der Waals surface area contributed by atoms with Gasteiger partial charge in [0.1, 0.15) is 5.82 Å². The van der Waals surface area contributed by atoms with Gasteiger partial charge in [-0.05, 0) is 18.9 Å². The Balaban J connectivity index is 3.25. The molecule has 0 radical (unpaired) electrons. The van der Waals surface area contributed by atoms with Crippen LogP contribution in [-0.4, -0.2) is 28.5 Å². The molecule has 0 bridgehead atoms. The number of allylic oxidation sites excluding steroid dienone is 3. The van der Waals surface area contributed by atoms with Gasteiger partial charge in [-0.25, -0.2) is 4.68 Å². The van der Waals surface area contributed by atoms with Crippen LogP contribution in [-0.2, 0) is 5.41 Å². The van der Waals surface area contributed by atoms with Crippen molar-refractivity contribution in [1.82, 2.24) is 9.78 Å². The van der Waals surface area contributed by atoms with Crippen LogP contribution in [0.1, 0.15) is 46.2 Å². The van der Waals surface area contributed by atoms with Crippen LogP contribution in [0.25, 0.3) is 5.70 Å². The molecule has 1 aromatic heterocycles. The number of rotatable bonds is 6. The first-order valence-electron chi connectivity index (χ1n) is 7.20. The number of nitrogens with zero attached hydrogens (tertiary/aromatic N) is 2. The normalized spacial score (nSPS) is 13.2. The minimum absolute atomic E-state index is 0.00735. The molecule has 0 fully saturated rings. The standard InChI is InChI=1S/C16H27N3O/c1-6-7-9-13(10-8-11-20)19-15(17-5)12-14(18-19)16(2,3)4/h7,9-10,12,17,20H,6,8,11H2,1-5H3/b9-7-,13-10+. The second-order valence-electron chi connectivity index (χ2n) is 5.78. The molecule has 1 heterocycles. The van der Waals surface area contributed by atoms with Crippen molar-refractivity contribution in [2.45, 2.75) is 46.0 Å². The maximum Gasteiger partial charge on any atom is 0.129 e. The van der Waals surface area contributed by atoms with Crippen molar-refractivity contribution in [3.05, 3.63) is 30.0 Å². The van der Waals surface area contributed by atoms with Gasteiger partial charge >= 0.3 is 0 Å². The molecule has 0 saturated heterocycles. The molecule has 0 saturated carbocycles. The summed E-state index contributed by atoms with van der Waals surface area (Å²) in [6.45, 7) is 8.70. The Labute approximate surface area is 122 Å². The van der Waals surface area contributed by atoms with Crippen molar-refractivity contribution in [2.24, 2.45) is 0 Å². The molecule has 0 unspecified atom stereocenters. The van der Waals surface area contributed by atoms with Crippen molar-refractivity contribution in [1.29, 1.82) is 0 Å². The molecule has 1 aromatic rings. The van der Waals surface area contributed by atoms with E-state index in [0.717, 1.165) is 23.6 Å². The predicted octanol–water partition coefficient (Wildman–Crippen LogP) is 3.41. The fourth-order valence-electron chi connectivity index (χ4n) is 1.80. The molecule has 4 heteroatoms. The third-order valence-electron chi connectivity index (χ3n) is 2.99. The van der Waals surface area contributed by atoms with Crippen LogP contribution in [0, 0.1) is 0 Å². The molecule has 0 aliphatic rings. The Hall–Kier alpha value is -1.55. The Morgan fingerprint density at radius 3 is 2.65 bits per heavy atom. The number of nitrogens with one attached hydrogen (secondary N) is 1. The molecule has 20 heavy (non-hydrogen) atoms.